The third-order valence-electron chi connectivity index (χ3n) is 5.87. The van der Waals surface area contributed by atoms with Crippen LogP contribution in [0, 0.1) is 6.92 Å². The molecule has 7 heteroatoms. The maximum atomic E-state index is 12.9. The summed E-state index contributed by atoms with van der Waals surface area (Å²) in [4.78, 5) is 25.8. The quantitative estimate of drug-likeness (QED) is 0.368. The van der Waals surface area contributed by atoms with Gasteiger partial charge in [-0.2, -0.15) is 0 Å². The number of hydrogen-bond acceptors (Lipinski definition) is 5. The van der Waals surface area contributed by atoms with Crippen molar-refractivity contribution in [2.45, 2.75) is 19.9 Å². The number of aromatic nitrogens is 3. The van der Waals surface area contributed by atoms with E-state index < -0.39 is 0 Å². The standard InChI is InChI=1S/C27H22ClN5O/c1-16-8-24-18(4-7-31-26(24)29)11-21(16)14-33-27(34)19-5-6-30-23(13-19)10-17-2-3-25-20(9-17)12-22(28)15-32-25/h2-9,11-13,15H,10,14H2,1H3,(H2,29,31)(H,33,34). The molecule has 0 atom stereocenters. The number of anilines is 1. The highest BCUT2D eigenvalue weighted by Crippen LogP contribution is 2.23. The Morgan fingerprint density at radius 2 is 1.82 bits per heavy atom. The SMILES string of the molecule is Cc1cc2c(N)nccc2cc1CNC(=O)c1ccnc(Cc2ccc3ncc(Cl)cc3c2)c1. The van der Waals surface area contributed by atoms with Crippen molar-refractivity contribution in [3.8, 4) is 0 Å². The fourth-order valence-corrected chi connectivity index (χ4v) is 4.22. The molecule has 0 aliphatic rings. The molecule has 0 bridgehead atoms. The average molecular weight is 468 g/mol. The maximum absolute atomic E-state index is 12.9. The third-order valence-corrected chi connectivity index (χ3v) is 6.07. The molecule has 5 aromatic rings. The Morgan fingerprint density at radius 3 is 2.71 bits per heavy atom. The number of carbonyl (C=O) groups is 1. The summed E-state index contributed by atoms with van der Waals surface area (Å²) >= 11 is 6.08. The molecule has 0 radical (unpaired) electrons. The fourth-order valence-electron chi connectivity index (χ4n) is 4.06. The van der Waals surface area contributed by atoms with Gasteiger partial charge in [0.15, 0.2) is 0 Å². The van der Waals surface area contributed by atoms with E-state index in [-0.39, 0.29) is 5.91 Å². The Labute approximate surface area is 201 Å². The summed E-state index contributed by atoms with van der Waals surface area (Å²) < 4.78 is 0. The van der Waals surface area contributed by atoms with Crippen LogP contribution in [-0.4, -0.2) is 20.9 Å². The van der Waals surface area contributed by atoms with Crippen LogP contribution in [0.4, 0.5) is 5.82 Å². The van der Waals surface area contributed by atoms with Crippen LogP contribution in [0.5, 0.6) is 0 Å². The Hall–Kier alpha value is -4.03. The zero-order valence-electron chi connectivity index (χ0n) is 18.5. The van der Waals surface area contributed by atoms with Crippen LogP contribution in [0.3, 0.4) is 0 Å². The largest absolute Gasteiger partial charge is 0.383 e. The minimum absolute atomic E-state index is 0.146. The maximum Gasteiger partial charge on any atom is 0.251 e. The lowest BCUT2D eigenvalue weighted by atomic mass is 10.0. The summed E-state index contributed by atoms with van der Waals surface area (Å²) in [5.41, 5.74) is 11.4. The number of carbonyl (C=O) groups excluding carboxylic acids is 1. The van der Waals surface area contributed by atoms with Crippen LogP contribution in [0.2, 0.25) is 5.02 Å². The highest BCUT2D eigenvalue weighted by molar-refractivity contribution is 6.31. The second-order valence-electron chi connectivity index (χ2n) is 8.27. The minimum Gasteiger partial charge on any atom is -0.383 e. The number of halogens is 1. The van der Waals surface area contributed by atoms with Crippen molar-refractivity contribution in [3.05, 3.63) is 106 Å². The topological polar surface area (TPSA) is 93.8 Å². The van der Waals surface area contributed by atoms with Crippen molar-refractivity contribution in [1.82, 2.24) is 20.3 Å². The van der Waals surface area contributed by atoms with Crippen molar-refractivity contribution in [1.29, 1.82) is 0 Å². The summed E-state index contributed by atoms with van der Waals surface area (Å²) in [6.07, 6.45) is 5.59. The molecule has 0 saturated heterocycles. The van der Waals surface area contributed by atoms with Gasteiger partial charge >= 0.3 is 0 Å². The lowest BCUT2D eigenvalue weighted by molar-refractivity contribution is 0.0950. The lowest BCUT2D eigenvalue weighted by Crippen LogP contribution is -2.23. The normalized spacial score (nSPS) is 11.1. The summed E-state index contributed by atoms with van der Waals surface area (Å²) in [5.74, 6) is 0.359. The number of amides is 1. The molecule has 0 spiro atoms. The van der Waals surface area contributed by atoms with Gasteiger partial charge in [-0.05, 0) is 77.5 Å². The average Bonchev–Trinajstić information content (AvgIpc) is 2.83. The van der Waals surface area contributed by atoms with Gasteiger partial charge in [0.2, 0.25) is 0 Å². The van der Waals surface area contributed by atoms with Gasteiger partial charge in [-0.3, -0.25) is 14.8 Å². The molecular formula is C27H22ClN5O. The molecule has 34 heavy (non-hydrogen) atoms. The van der Waals surface area contributed by atoms with Crippen LogP contribution < -0.4 is 11.1 Å². The smallest absolute Gasteiger partial charge is 0.251 e. The van der Waals surface area contributed by atoms with Gasteiger partial charge in [-0.25, -0.2) is 4.98 Å². The highest BCUT2D eigenvalue weighted by Gasteiger charge is 2.10. The monoisotopic (exact) mass is 467 g/mol. The second-order valence-corrected chi connectivity index (χ2v) is 8.71. The molecule has 168 valence electrons. The molecule has 6 nitrogen and oxygen atoms in total. The van der Waals surface area contributed by atoms with Gasteiger partial charge < -0.3 is 11.1 Å². The number of nitrogens with two attached hydrogens (primary N) is 1. The number of nitrogens with zero attached hydrogens (tertiary/aromatic N) is 3. The number of fused-ring (bicyclic) bond motifs is 2. The molecule has 2 aromatic carbocycles. The van der Waals surface area contributed by atoms with Crippen molar-refractivity contribution >= 4 is 45.0 Å². The van der Waals surface area contributed by atoms with Gasteiger partial charge in [-0.15, -0.1) is 0 Å². The summed E-state index contributed by atoms with van der Waals surface area (Å²) in [5, 5.41) is 6.51. The first-order valence-corrected chi connectivity index (χ1v) is 11.2. The van der Waals surface area contributed by atoms with Crippen molar-refractivity contribution in [2.75, 3.05) is 5.73 Å². The van der Waals surface area contributed by atoms with E-state index >= 15 is 0 Å². The number of nitrogen functional groups attached to an aromatic ring is 1. The molecule has 1 amide bonds. The molecule has 3 heterocycles. The molecule has 0 fully saturated rings. The van der Waals surface area contributed by atoms with E-state index in [9.17, 15) is 4.79 Å². The third kappa shape index (κ3) is 4.54. The predicted molar refractivity (Wildman–Crippen MR) is 136 cm³/mol. The van der Waals surface area contributed by atoms with Crippen LogP contribution in [0.25, 0.3) is 21.7 Å². The minimum atomic E-state index is -0.146. The van der Waals surface area contributed by atoms with Crippen LogP contribution in [0.1, 0.15) is 32.7 Å². The molecule has 0 aliphatic heterocycles. The fraction of sp³-hybridized carbons (Fsp3) is 0.111. The van der Waals surface area contributed by atoms with E-state index in [0.29, 0.717) is 29.4 Å². The number of benzene rings is 2. The molecule has 5 rings (SSSR count). The number of aryl methyl sites for hydroxylation is 1. The van der Waals surface area contributed by atoms with Crippen LogP contribution >= 0.6 is 11.6 Å². The molecule has 3 N–H and O–H groups in total. The van der Waals surface area contributed by atoms with Gasteiger partial charge in [0, 0.05) is 53.6 Å². The van der Waals surface area contributed by atoms with E-state index in [0.717, 1.165) is 44.1 Å². The second kappa shape index (κ2) is 9.08. The Morgan fingerprint density at radius 1 is 0.971 bits per heavy atom. The number of nitrogens with one attached hydrogen (secondary N) is 1. The Balaban J connectivity index is 1.31. The Bertz CT molecular complexity index is 1550. The van der Waals surface area contributed by atoms with Crippen LogP contribution in [0.15, 0.2) is 73.2 Å². The first-order valence-electron chi connectivity index (χ1n) is 10.9. The van der Waals surface area contributed by atoms with Gasteiger partial charge in [0.25, 0.3) is 5.91 Å². The van der Waals surface area contributed by atoms with E-state index in [1.165, 1.54) is 0 Å². The summed E-state index contributed by atoms with van der Waals surface area (Å²) in [6, 6.07) is 17.4. The van der Waals surface area contributed by atoms with Gasteiger partial charge in [0.05, 0.1) is 10.5 Å². The molecule has 0 unspecified atom stereocenters. The van der Waals surface area contributed by atoms with Crippen LogP contribution in [-0.2, 0) is 13.0 Å². The van der Waals surface area contributed by atoms with Crippen molar-refractivity contribution in [3.63, 3.8) is 0 Å². The zero-order chi connectivity index (χ0) is 23.7. The molecular weight excluding hydrogens is 446 g/mol. The molecule has 0 saturated carbocycles. The van der Waals surface area contributed by atoms with E-state index in [1.54, 1.807) is 24.7 Å². The predicted octanol–water partition coefficient (Wildman–Crippen LogP) is 5.24. The van der Waals surface area contributed by atoms with E-state index in [2.05, 4.69) is 20.3 Å². The van der Waals surface area contributed by atoms with Crippen molar-refractivity contribution < 1.29 is 4.79 Å². The van der Waals surface area contributed by atoms with Gasteiger partial charge in [-0.1, -0.05) is 17.7 Å². The van der Waals surface area contributed by atoms with E-state index in [1.807, 2.05) is 55.5 Å². The van der Waals surface area contributed by atoms with Crippen molar-refractivity contribution in [2.24, 2.45) is 0 Å². The number of pyridine rings is 3. The van der Waals surface area contributed by atoms with Gasteiger partial charge in [0.1, 0.15) is 5.82 Å². The lowest BCUT2D eigenvalue weighted by Gasteiger charge is -2.11. The first-order chi connectivity index (χ1) is 16.5. The summed E-state index contributed by atoms with van der Waals surface area (Å²) in [6.45, 7) is 2.42. The number of rotatable bonds is 5. The highest BCUT2D eigenvalue weighted by atomic mass is 35.5. The Kier molecular flexibility index (Phi) is 5.82. The molecule has 3 aromatic heterocycles. The summed E-state index contributed by atoms with van der Waals surface area (Å²) in [7, 11) is 0. The van der Waals surface area contributed by atoms with E-state index in [4.69, 9.17) is 17.3 Å². The molecule has 0 aliphatic carbocycles. The first kappa shape index (κ1) is 21.8. The number of hydrogen-bond donors (Lipinski definition) is 2. The zero-order valence-corrected chi connectivity index (χ0v) is 19.3.